The van der Waals surface area contributed by atoms with E-state index >= 15 is 0 Å². The monoisotopic (exact) mass is 240 g/mol. The minimum atomic E-state index is 0.579. The van der Waals surface area contributed by atoms with Crippen LogP contribution in [0.3, 0.4) is 0 Å². The van der Waals surface area contributed by atoms with E-state index < -0.39 is 0 Å². The Morgan fingerprint density at radius 1 is 1.62 bits per heavy atom. The van der Waals surface area contributed by atoms with E-state index in [1.807, 2.05) is 13.0 Å². The number of halogens is 1. The Bertz CT molecular complexity index is 308. The molecule has 0 aliphatic heterocycles. The molecule has 3 heteroatoms. The maximum Gasteiger partial charge on any atom is 0.123 e. The van der Waals surface area contributed by atoms with Gasteiger partial charge in [0.1, 0.15) is 5.82 Å². The number of hydrogen-bond acceptors (Lipinski definition) is 2. The van der Waals surface area contributed by atoms with Crippen LogP contribution in [0.15, 0.2) is 18.3 Å². The van der Waals surface area contributed by atoms with E-state index in [-0.39, 0.29) is 0 Å². The van der Waals surface area contributed by atoms with Gasteiger partial charge in [-0.25, -0.2) is 4.98 Å². The third-order valence-corrected chi connectivity index (χ3v) is 2.20. The van der Waals surface area contributed by atoms with Crippen molar-refractivity contribution in [2.75, 3.05) is 11.1 Å². The number of nitrogens with two attached hydrogens (primary N) is 1. The number of pyridine rings is 1. The lowest BCUT2D eigenvalue weighted by molar-refractivity contribution is 1.25. The molecule has 1 aromatic heterocycles. The maximum absolute atomic E-state index is 5.54. The van der Waals surface area contributed by atoms with E-state index in [1.165, 1.54) is 5.56 Å². The van der Waals surface area contributed by atoms with Gasteiger partial charge in [-0.1, -0.05) is 28.1 Å². The zero-order chi connectivity index (χ0) is 9.68. The summed E-state index contributed by atoms with van der Waals surface area (Å²) in [5.41, 5.74) is 7.84. The standard InChI is InChI=1S/C10H13BrN2/c1-8-6-10(12)13-7-9(8)4-2-3-5-11/h2,4,6-7H,3,5H2,1H3,(H2,12,13). The zero-order valence-electron chi connectivity index (χ0n) is 7.63. The van der Waals surface area contributed by atoms with E-state index in [2.05, 4.69) is 33.1 Å². The Balaban J connectivity index is 2.77. The van der Waals surface area contributed by atoms with Crippen LogP contribution < -0.4 is 5.73 Å². The molecule has 0 saturated carbocycles. The first kappa shape index (κ1) is 10.3. The average Bonchev–Trinajstić information content (AvgIpc) is 2.09. The minimum Gasteiger partial charge on any atom is -0.384 e. The van der Waals surface area contributed by atoms with Crippen LogP contribution >= 0.6 is 15.9 Å². The molecule has 0 fully saturated rings. The van der Waals surface area contributed by atoms with Gasteiger partial charge in [-0.3, -0.25) is 0 Å². The third kappa shape index (κ3) is 3.19. The van der Waals surface area contributed by atoms with Crippen LogP contribution in [-0.2, 0) is 0 Å². The van der Waals surface area contributed by atoms with Crippen molar-refractivity contribution in [1.29, 1.82) is 0 Å². The largest absolute Gasteiger partial charge is 0.384 e. The van der Waals surface area contributed by atoms with Gasteiger partial charge in [0.15, 0.2) is 0 Å². The molecule has 0 spiro atoms. The van der Waals surface area contributed by atoms with Crippen LogP contribution in [0.25, 0.3) is 6.08 Å². The number of alkyl halides is 1. The first-order valence-corrected chi connectivity index (χ1v) is 5.31. The van der Waals surface area contributed by atoms with Crippen LogP contribution in [-0.4, -0.2) is 10.3 Å². The normalized spacial score (nSPS) is 10.9. The average molecular weight is 241 g/mol. The quantitative estimate of drug-likeness (QED) is 0.826. The van der Waals surface area contributed by atoms with Crippen LogP contribution in [0.4, 0.5) is 5.82 Å². The number of aromatic nitrogens is 1. The van der Waals surface area contributed by atoms with Crippen molar-refractivity contribution >= 4 is 27.8 Å². The lowest BCUT2D eigenvalue weighted by Crippen LogP contribution is -1.91. The fourth-order valence-electron chi connectivity index (χ4n) is 1.04. The Hall–Kier alpha value is -0.830. The third-order valence-electron chi connectivity index (χ3n) is 1.75. The maximum atomic E-state index is 5.54. The highest BCUT2D eigenvalue weighted by Crippen LogP contribution is 2.11. The summed E-state index contributed by atoms with van der Waals surface area (Å²) in [5.74, 6) is 0.579. The van der Waals surface area contributed by atoms with Crippen molar-refractivity contribution in [2.24, 2.45) is 0 Å². The summed E-state index contributed by atoms with van der Waals surface area (Å²) in [4.78, 5) is 4.03. The van der Waals surface area contributed by atoms with Gasteiger partial charge in [0, 0.05) is 11.5 Å². The van der Waals surface area contributed by atoms with Crippen molar-refractivity contribution in [1.82, 2.24) is 4.98 Å². The second kappa shape index (κ2) is 5.02. The molecule has 2 N–H and O–H groups in total. The van der Waals surface area contributed by atoms with Crippen LogP contribution in [0, 0.1) is 6.92 Å². The molecule has 2 nitrogen and oxygen atoms in total. The van der Waals surface area contributed by atoms with Crippen molar-refractivity contribution in [3.8, 4) is 0 Å². The predicted octanol–water partition coefficient (Wildman–Crippen LogP) is 2.77. The first-order valence-electron chi connectivity index (χ1n) is 4.18. The number of nitrogens with zero attached hydrogens (tertiary/aromatic N) is 1. The SMILES string of the molecule is Cc1cc(N)ncc1C=CCCBr. The summed E-state index contributed by atoms with van der Waals surface area (Å²) < 4.78 is 0. The van der Waals surface area contributed by atoms with E-state index in [4.69, 9.17) is 5.73 Å². The molecule has 0 amide bonds. The number of allylic oxidation sites excluding steroid dienone is 1. The molecule has 1 heterocycles. The molecule has 0 radical (unpaired) electrons. The predicted molar refractivity (Wildman–Crippen MR) is 60.8 cm³/mol. The molecule has 13 heavy (non-hydrogen) atoms. The molecule has 0 saturated heterocycles. The van der Waals surface area contributed by atoms with Gasteiger partial charge in [0.25, 0.3) is 0 Å². The van der Waals surface area contributed by atoms with Gasteiger partial charge in [0.2, 0.25) is 0 Å². The molecule has 0 aromatic carbocycles. The Labute approximate surface area is 87.0 Å². The summed E-state index contributed by atoms with van der Waals surface area (Å²) in [7, 11) is 0. The van der Waals surface area contributed by atoms with Gasteiger partial charge in [-0.05, 0) is 30.5 Å². The molecule has 0 bridgehead atoms. The lowest BCUT2D eigenvalue weighted by Gasteiger charge is -1.99. The first-order chi connectivity index (χ1) is 6.24. The highest BCUT2D eigenvalue weighted by Gasteiger charge is 1.94. The van der Waals surface area contributed by atoms with E-state index in [1.54, 1.807) is 6.20 Å². The molecule has 0 aliphatic rings. The topological polar surface area (TPSA) is 38.9 Å². The summed E-state index contributed by atoms with van der Waals surface area (Å²) in [6.45, 7) is 2.03. The van der Waals surface area contributed by atoms with E-state index in [0.29, 0.717) is 5.82 Å². The number of aryl methyl sites for hydroxylation is 1. The molecule has 0 atom stereocenters. The minimum absolute atomic E-state index is 0.579. The molecule has 0 aliphatic carbocycles. The molecule has 1 aromatic rings. The van der Waals surface area contributed by atoms with Crippen LogP contribution in [0.1, 0.15) is 17.5 Å². The summed E-state index contributed by atoms with van der Waals surface area (Å²) in [6.07, 6.45) is 7.03. The van der Waals surface area contributed by atoms with Gasteiger partial charge in [-0.2, -0.15) is 0 Å². The molecular weight excluding hydrogens is 228 g/mol. The van der Waals surface area contributed by atoms with Crippen LogP contribution in [0.2, 0.25) is 0 Å². The number of hydrogen-bond donors (Lipinski definition) is 1. The van der Waals surface area contributed by atoms with Crippen molar-refractivity contribution in [2.45, 2.75) is 13.3 Å². The number of anilines is 1. The Kier molecular flexibility index (Phi) is 3.96. The highest BCUT2D eigenvalue weighted by molar-refractivity contribution is 9.09. The van der Waals surface area contributed by atoms with Gasteiger partial charge >= 0.3 is 0 Å². The molecule has 1 rings (SSSR count). The smallest absolute Gasteiger partial charge is 0.123 e. The molecule has 0 unspecified atom stereocenters. The lowest BCUT2D eigenvalue weighted by atomic mass is 10.1. The summed E-state index contributed by atoms with van der Waals surface area (Å²) >= 11 is 3.37. The number of rotatable bonds is 3. The molecule has 70 valence electrons. The Morgan fingerprint density at radius 2 is 2.38 bits per heavy atom. The van der Waals surface area contributed by atoms with E-state index in [9.17, 15) is 0 Å². The van der Waals surface area contributed by atoms with Gasteiger partial charge in [-0.15, -0.1) is 0 Å². The fourth-order valence-corrected chi connectivity index (χ4v) is 1.30. The Morgan fingerprint density at radius 3 is 3.00 bits per heavy atom. The second-order valence-corrected chi connectivity index (χ2v) is 3.64. The van der Waals surface area contributed by atoms with Crippen LogP contribution in [0.5, 0.6) is 0 Å². The fraction of sp³-hybridized carbons (Fsp3) is 0.300. The van der Waals surface area contributed by atoms with Crippen molar-refractivity contribution in [3.05, 3.63) is 29.5 Å². The van der Waals surface area contributed by atoms with Gasteiger partial charge < -0.3 is 5.73 Å². The number of nitrogen functional groups attached to an aromatic ring is 1. The van der Waals surface area contributed by atoms with E-state index in [0.717, 1.165) is 17.3 Å². The van der Waals surface area contributed by atoms with Crippen molar-refractivity contribution < 1.29 is 0 Å². The molecular formula is C10H13BrN2. The summed E-state index contributed by atoms with van der Waals surface area (Å²) in [5, 5.41) is 0.991. The van der Waals surface area contributed by atoms with Crippen molar-refractivity contribution in [3.63, 3.8) is 0 Å². The second-order valence-electron chi connectivity index (χ2n) is 2.85. The van der Waals surface area contributed by atoms with Gasteiger partial charge in [0.05, 0.1) is 0 Å². The highest BCUT2D eigenvalue weighted by atomic mass is 79.9. The summed E-state index contributed by atoms with van der Waals surface area (Å²) in [6, 6.07) is 1.88. The zero-order valence-corrected chi connectivity index (χ0v) is 9.21.